The summed E-state index contributed by atoms with van der Waals surface area (Å²) in [6.07, 6.45) is 5.06. The van der Waals surface area contributed by atoms with Gasteiger partial charge in [-0.25, -0.2) is 8.78 Å². The van der Waals surface area contributed by atoms with E-state index in [4.69, 9.17) is 14.5 Å². The van der Waals surface area contributed by atoms with Crippen LogP contribution < -0.4 is 9.64 Å². The number of hydrogen-bond donors (Lipinski definition) is 1. The van der Waals surface area contributed by atoms with Crippen molar-refractivity contribution in [2.45, 2.75) is 43.7 Å². The minimum Gasteiger partial charge on any atom is -0.469 e. The Kier molecular flexibility index (Phi) is 7.09. The third kappa shape index (κ3) is 4.75. The van der Waals surface area contributed by atoms with E-state index in [0.29, 0.717) is 41.7 Å². The highest BCUT2D eigenvalue weighted by molar-refractivity contribution is 5.99. The van der Waals surface area contributed by atoms with Crippen molar-refractivity contribution in [3.8, 4) is 17.3 Å². The van der Waals surface area contributed by atoms with E-state index in [-0.39, 0.29) is 34.7 Å². The predicted molar refractivity (Wildman–Crippen MR) is 157 cm³/mol. The highest BCUT2D eigenvalue weighted by Crippen LogP contribution is 2.40. The lowest BCUT2D eigenvalue weighted by atomic mass is 9.94. The summed E-state index contributed by atoms with van der Waals surface area (Å²) in [6.45, 7) is 2.91. The summed E-state index contributed by atoms with van der Waals surface area (Å²) in [6, 6.07) is 9.90. The van der Waals surface area contributed by atoms with Crippen molar-refractivity contribution in [2.75, 3.05) is 44.8 Å². The van der Waals surface area contributed by atoms with Gasteiger partial charge in [-0.15, -0.1) is 0 Å². The normalized spacial score (nSPS) is 21.8. The molecule has 2 atom stereocenters. The van der Waals surface area contributed by atoms with Crippen LogP contribution in [0.3, 0.4) is 0 Å². The molecule has 224 valence electrons. The molecule has 2 aromatic heterocycles. The number of anilines is 1. The number of pyridine rings is 1. The molecule has 0 bridgehead atoms. The Balaban J connectivity index is 1.32. The molecule has 3 saturated heterocycles. The van der Waals surface area contributed by atoms with E-state index in [0.717, 1.165) is 38.8 Å². The standard InChI is InChI=1S/C32H33F2N5O4/c1-42-30(41)20-10-15-38(17-24(20)40)29-22-16-35-27(21-8-2-6-19-7-3-9-23(33)25(19)21)26(34)28(22)36-31(37-29)43-18-32-11-4-13-39(32)14-5-12-32/h2-3,6-9,16,20,24,40H,4-5,10-15,17-18H2,1H3/t20-,24-/m0/s1. The van der Waals surface area contributed by atoms with E-state index in [1.165, 1.54) is 19.4 Å². The molecule has 0 spiro atoms. The quantitative estimate of drug-likeness (QED) is 0.326. The molecule has 3 fully saturated rings. The average Bonchev–Trinajstić information content (AvgIpc) is 3.60. The minimum absolute atomic E-state index is 0.00452. The van der Waals surface area contributed by atoms with Gasteiger partial charge in [0.05, 0.1) is 30.1 Å². The molecule has 9 nitrogen and oxygen atoms in total. The van der Waals surface area contributed by atoms with E-state index in [1.54, 1.807) is 35.2 Å². The summed E-state index contributed by atoms with van der Waals surface area (Å²) in [5, 5.41) is 12.1. The molecule has 4 aromatic rings. The first-order valence-electron chi connectivity index (χ1n) is 14.8. The van der Waals surface area contributed by atoms with Gasteiger partial charge >= 0.3 is 12.0 Å². The molecule has 43 heavy (non-hydrogen) atoms. The van der Waals surface area contributed by atoms with Crippen LogP contribution in [0.15, 0.2) is 42.6 Å². The highest BCUT2D eigenvalue weighted by Gasteiger charge is 2.45. The van der Waals surface area contributed by atoms with Crippen LogP contribution in [0.5, 0.6) is 6.01 Å². The summed E-state index contributed by atoms with van der Waals surface area (Å²) in [7, 11) is 1.30. The smallest absolute Gasteiger partial charge is 0.319 e. The lowest BCUT2D eigenvalue weighted by Gasteiger charge is -2.36. The third-order valence-electron chi connectivity index (χ3n) is 9.42. The largest absolute Gasteiger partial charge is 0.469 e. The zero-order valence-corrected chi connectivity index (χ0v) is 23.9. The number of hydrogen-bond acceptors (Lipinski definition) is 9. The van der Waals surface area contributed by atoms with E-state index >= 15 is 4.39 Å². The van der Waals surface area contributed by atoms with Crippen LogP contribution in [0.4, 0.5) is 14.6 Å². The first kappa shape index (κ1) is 27.8. The average molecular weight is 590 g/mol. The van der Waals surface area contributed by atoms with Crippen LogP contribution >= 0.6 is 0 Å². The van der Waals surface area contributed by atoms with Crippen molar-refractivity contribution in [2.24, 2.45) is 5.92 Å². The lowest BCUT2D eigenvalue weighted by Crippen LogP contribution is -2.47. The van der Waals surface area contributed by atoms with Crippen molar-refractivity contribution in [3.63, 3.8) is 0 Å². The number of benzene rings is 2. The molecule has 3 aliphatic rings. The summed E-state index contributed by atoms with van der Waals surface area (Å²) >= 11 is 0. The Morgan fingerprint density at radius 1 is 1.09 bits per heavy atom. The SMILES string of the molecule is COC(=O)[C@H]1CCN(c2nc(OCC34CCCN3CCC4)nc3c(F)c(-c4cccc5cccc(F)c45)ncc23)C[C@@H]1O. The van der Waals surface area contributed by atoms with Gasteiger partial charge in [-0.2, -0.15) is 9.97 Å². The second-order valence-electron chi connectivity index (χ2n) is 11.8. The fourth-order valence-corrected chi connectivity index (χ4v) is 7.22. The number of ether oxygens (including phenoxy) is 2. The zero-order valence-electron chi connectivity index (χ0n) is 23.9. The molecule has 3 aliphatic heterocycles. The molecule has 0 aliphatic carbocycles. The van der Waals surface area contributed by atoms with Gasteiger partial charge in [0.2, 0.25) is 0 Å². The fourth-order valence-electron chi connectivity index (χ4n) is 7.22. The van der Waals surface area contributed by atoms with Gasteiger partial charge < -0.3 is 19.5 Å². The number of rotatable bonds is 6. The third-order valence-corrected chi connectivity index (χ3v) is 9.42. The molecular formula is C32H33F2N5O4. The molecule has 0 saturated carbocycles. The first-order valence-corrected chi connectivity index (χ1v) is 14.8. The molecule has 2 aromatic carbocycles. The number of nitrogens with zero attached hydrogens (tertiary/aromatic N) is 5. The Morgan fingerprint density at radius 2 is 1.86 bits per heavy atom. The van der Waals surface area contributed by atoms with Crippen molar-refractivity contribution in [1.29, 1.82) is 0 Å². The number of β-amino-alcohol motifs (C(OH)–C–C–N with tert-alkyl or cyclic N) is 1. The maximum atomic E-state index is 16.5. The molecule has 11 heteroatoms. The molecular weight excluding hydrogens is 556 g/mol. The van der Waals surface area contributed by atoms with Crippen molar-refractivity contribution in [3.05, 3.63) is 54.2 Å². The Labute approximate surface area is 247 Å². The van der Waals surface area contributed by atoms with Gasteiger partial charge in [0.15, 0.2) is 5.82 Å². The lowest BCUT2D eigenvalue weighted by molar-refractivity contribution is -0.150. The van der Waals surface area contributed by atoms with Gasteiger partial charge in [0.1, 0.15) is 29.5 Å². The number of methoxy groups -OCH3 is 1. The number of aliphatic hydroxyl groups excluding tert-OH is 1. The number of carbonyl (C=O) groups excluding carboxylic acids is 1. The first-order chi connectivity index (χ1) is 20.9. The van der Waals surface area contributed by atoms with E-state index in [2.05, 4.69) is 14.9 Å². The number of aromatic nitrogens is 3. The molecule has 0 amide bonds. The molecule has 5 heterocycles. The van der Waals surface area contributed by atoms with Crippen molar-refractivity contribution in [1.82, 2.24) is 19.9 Å². The molecule has 0 radical (unpaired) electrons. The van der Waals surface area contributed by atoms with E-state index in [9.17, 15) is 14.3 Å². The number of aliphatic hydroxyl groups is 1. The number of esters is 1. The van der Waals surface area contributed by atoms with Crippen LogP contribution in [0.2, 0.25) is 0 Å². The summed E-state index contributed by atoms with van der Waals surface area (Å²) in [5.41, 5.74) is 0.212. The van der Waals surface area contributed by atoms with Crippen LogP contribution in [0, 0.1) is 17.6 Å². The van der Waals surface area contributed by atoms with E-state index in [1.807, 2.05) is 0 Å². The minimum atomic E-state index is -1.00. The van der Waals surface area contributed by atoms with Crippen LogP contribution in [-0.2, 0) is 9.53 Å². The number of piperidine rings is 1. The van der Waals surface area contributed by atoms with Gasteiger partial charge in [0.25, 0.3) is 0 Å². The molecule has 1 N–H and O–H groups in total. The Morgan fingerprint density at radius 3 is 2.60 bits per heavy atom. The van der Waals surface area contributed by atoms with Crippen LogP contribution in [0.25, 0.3) is 32.9 Å². The maximum absolute atomic E-state index is 16.5. The number of carbonyl (C=O) groups is 1. The second kappa shape index (κ2) is 10.9. The summed E-state index contributed by atoms with van der Waals surface area (Å²) in [5.74, 6) is -1.96. The van der Waals surface area contributed by atoms with Gasteiger partial charge in [-0.05, 0) is 56.6 Å². The zero-order chi connectivity index (χ0) is 29.7. The highest BCUT2D eigenvalue weighted by atomic mass is 19.1. The fraction of sp³-hybridized carbons (Fsp3) is 0.438. The van der Waals surface area contributed by atoms with Crippen molar-refractivity contribution < 1.29 is 28.2 Å². The number of fused-ring (bicyclic) bond motifs is 3. The molecule has 0 unspecified atom stereocenters. The Hall–Kier alpha value is -3.96. The Bertz CT molecular complexity index is 1700. The predicted octanol–water partition coefficient (Wildman–Crippen LogP) is 4.49. The van der Waals surface area contributed by atoms with Crippen molar-refractivity contribution >= 4 is 33.5 Å². The summed E-state index contributed by atoms with van der Waals surface area (Å²) in [4.78, 5) is 30.1. The van der Waals surface area contributed by atoms with Gasteiger partial charge in [-0.1, -0.05) is 30.3 Å². The monoisotopic (exact) mass is 589 g/mol. The molecule has 7 rings (SSSR count). The van der Waals surface area contributed by atoms with E-state index < -0.39 is 29.6 Å². The topological polar surface area (TPSA) is 101 Å². The van der Waals surface area contributed by atoms with Gasteiger partial charge in [-0.3, -0.25) is 14.7 Å². The van der Waals surface area contributed by atoms with Gasteiger partial charge in [0, 0.05) is 30.2 Å². The summed E-state index contributed by atoms with van der Waals surface area (Å²) < 4.78 is 42.6. The maximum Gasteiger partial charge on any atom is 0.319 e. The van der Waals surface area contributed by atoms with Crippen LogP contribution in [0.1, 0.15) is 32.1 Å². The number of halogens is 2. The van der Waals surface area contributed by atoms with Crippen LogP contribution in [-0.4, -0.2) is 82.5 Å². The second-order valence-corrected chi connectivity index (χ2v) is 11.8.